The van der Waals surface area contributed by atoms with Gasteiger partial charge in [0.15, 0.2) is 5.65 Å². The molecular weight excluding hydrogens is 352 g/mol. The molecule has 0 bridgehead atoms. The molecule has 1 atom stereocenters. The van der Waals surface area contributed by atoms with Crippen LogP contribution in [0, 0.1) is 20.8 Å². The SMILES string of the molecule is Cc1cc(C)cc(NC(=O)[C@H](C)n2c3ccccc3c3nc(=O)cc(C)n32)c1. The molecule has 2 aromatic heterocycles. The zero-order chi connectivity index (χ0) is 20.0. The Bertz CT molecular complexity index is 1260. The van der Waals surface area contributed by atoms with Crippen LogP contribution in [0.1, 0.15) is 29.8 Å². The van der Waals surface area contributed by atoms with Gasteiger partial charge in [-0.1, -0.05) is 18.2 Å². The predicted octanol–water partition coefficient (Wildman–Crippen LogP) is 3.77. The largest absolute Gasteiger partial charge is 0.324 e. The van der Waals surface area contributed by atoms with Gasteiger partial charge in [0.1, 0.15) is 6.04 Å². The molecule has 0 radical (unpaired) electrons. The normalized spacial score (nSPS) is 12.4. The van der Waals surface area contributed by atoms with E-state index in [9.17, 15) is 9.59 Å². The number of para-hydroxylation sites is 1. The molecule has 0 aliphatic rings. The maximum Gasteiger partial charge on any atom is 0.273 e. The summed E-state index contributed by atoms with van der Waals surface area (Å²) in [6, 6.07) is 14.6. The second-order valence-corrected chi connectivity index (χ2v) is 7.27. The summed E-state index contributed by atoms with van der Waals surface area (Å²) >= 11 is 0. The molecule has 2 aromatic carbocycles. The number of hydrogen-bond acceptors (Lipinski definition) is 3. The highest BCUT2D eigenvalue weighted by atomic mass is 16.2. The molecule has 142 valence electrons. The maximum absolute atomic E-state index is 13.1. The second-order valence-electron chi connectivity index (χ2n) is 7.27. The van der Waals surface area contributed by atoms with Crippen LogP contribution in [0.15, 0.2) is 53.3 Å². The van der Waals surface area contributed by atoms with Crippen LogP contribution in [0.5, 0.6) is 0 Å². The van der Waals surface area contributed by atoms with Gasteiger partial charge >= 0.3 is 0 Å². The van der Waals surface area contributed by atoms with Crippen LogP contribution >= 0.6 is 0 Å². The third-order valence-corrected chi connectivity index (χ3v) is 4.93. The van der Waals surface area contributed by atoms with Crippen molar-refractivity contribution in [3.63, 3.8) is 0 Å². The van der Waals surface area contributed by atoms with E-state index in [4.69, 9.17) is 0 Å². The summed E-state index contributed by atoms with van der Waals surface area (Å²) in [4.78, 5) is 29.2. The molecule has 1 amide bonds. The van der Waals surface area contributed by atoms with Crippen LogP contribution in [0.2, 0.25) is 0 Å². The third-order valence-electron chi connectivity index (χ3n) is 4.93. The molecular formula is C22H22N4O2. The molecule has 4 rings (SSSR count). The fraction of sp³-hybridized carbons (Fsp3) is 0.227. The lowest BCUT2D eigenvalue weighted by molar-refractivity contribution is -0.119. The Balaban J connectivity index is 1.85. The Kier molecular flexibility index (Phi) is 4.26. The Morgan fingerprint density at radius 3 is 2.43 bits per heavy atom. The molecule has 6 nitrogen and oxygen atoms in total. The van der Waals surface area contributed by atoms with E-state index in [-0.39, 0.29) is 11.5 Å². The standard InChI is InChI=1S/C22H22N4O2/c1-13-9-14(2)11-17(10-13)23-22(28)16(4)26-19-8-6-5-7-18(19)21-24-20(27)12-15(3)25(21)26/h5-12,16H,1-4H3,(H,23,28)/t16-/m0/s1. The fourth-order valence-corrected chi connectivity index (χ4v) is 3.79. The van der Waals surface area contributed by atoms with E-state index in [0.29, 0.717) is 5.65 Å². The number of nitrogens with zero attached hydrogens (tertiary/aromatic N) is 3. The van der Waals surface area contributed by atoms with Crippen molar-refractivity contribution >= 4 is 28.1 Å². The van der Waals surface area contributed by atoms with E-state index < -0.39 is 6.04 Å². The smallest absolute Gasteiger partial charge is 0.273 e. The van der Waals surface area contributed by atoms with E-state index in [2.05, 4.69) is 16.4 Å². The van der Waals surface area contributed by atoms with Crippen molar-refractivity contribution in [2.45, 2.75) is 33.7 Å². The van der Waals surface area contributed by atoms with Crippen LogP contribution < -0.4 is 10.9 Å². The van der Waals surface area contributed by atoms with Crippen LogP contribution in [-0.2, 0) is 4.79 Å². The number of aromatic nitrogens is 3. The number of rotatable bonds is 3. The average Bonchev–Trinajstić information content (AvgIpc) is 2.95. The molecule has 0 aliphatic heterocycles. The highest BCUT2D eigenvalue weighted by Crippen LogP contribution is 2.26. The summed E-state index contributed by atoms with van der Waals surface area (Å²) in [6.45, 7) is 7.70. The summed E-state index contributed by atoms with van der Waals surface area (Å²) in [5.74, 6) is -0.134. The topological polar surface area (TPSA) is 68.4 Å². The lowest BCUT2D eigenvalue weighted by atomic mass is 10.1. The summed E-state index contributed by atoms with van der Waals surface area (Å²) < 4.78 is 3.74. The van der Waals surface area contributed by atoms with E-state index in [1.807, 2.05) is 73.3 Å². The van der Waals surface area contributed by atoms with Crippen LogP contribution in [-0.4, -0.2) is 20.1 Å². The van der Waals surface area contributed by atoms with Crippen molar-refractivity contribution < 1.29 is 4.79 Å². The van der Waals surface area contributed by atoms with Gasteiger partial charge in [0.25, 0.3) is 5.56 Å². The van der Waals surface area contributed by atoms with Gasteiger partial charge in [-0.25, -0.2) is 4.52 Å². The van der Waals surface area contributed by atoms with Gasteiger partial charge in [-0.15, -0.1) is 0 Å². The summed E-state index contributed by atoms with van der Waals surface area (Å²) in [7, 11) is 0. The quantitative estimate of drug-likeness (QED) is 0.593. The van der Waals surface area contributed by atoms with Gasteiger partial charge < -0.3 is 5.32 Å². The first-order valence-electron chi connectivity index (χ1n) is 9.24. The van der Waals surface area contributed by atoms with Crippen molar-refractivity contribution in [2.24, 2.45) is 0 Å². The van der Waals surface area contributed by atoms with E-state index >= 15 is 0 Å². The molecule has 0 saturated carbocycles. The first kappa shape index (κ1) is 18.0. The number of fused-ring (bicyclic) bond motifs is 3. The van der Waals surface area contributed by atoms with Crippen LogP contribution in [0.25, 0.3) is 16.6 Å². The number of nitrogens with one attached hydrogen (secondary N) is 1. The Morgan fingerprint density at radius 1 is 1.04 bits per heavy atom. The molecule has 0 fully saturated rings. The molecule has 6 heteroatoms. The number of benzene rings is 2. The first-order valence-corrected chi connectivity index (χ1v) is 9.24. The Hall–Kier alpha value is -3.41. The highest BCUT2D eigenvalue weighted by Gasteiger charge is 2.22. The van der Waals surface area contributed by atoms with Crippen molar-refractivity contribution in [3.05, 3.63) is 75.7 Å². The molecule has 0 aliphatic carbocycles. The zero-order valence-corrected chi connectivity index (χ0v) is 16.4. The van der Waals surface area contributed by atoms with Gasteiger partial charge in [0.05, 0.1) is 5.52 Å². The molecule has 2 heterocycles. The van der Waals surface area contributed by atoms with Gasteiger partial charge in [0.2, 0.25) is 5.91 Å². The van der Waals surface area contributed by atoms with Crippen molar-refractivity contribution in [1.82, 2.24) is 14.2 Å². The lowest BCUT2D eigenvalue weighted by Crippen LogP contribution is -2.27. The predicted molar refractivity (Wildman–Crippen MR) is 111 cm³/mol. The fourth-order valence-electron chi connectivity index (χ4n) is 3.79. The van der Waals surface area contributed by atoms with Crippen LogP contribution in [0.4, 0.5) is 5.69 Å². The van der Waals surface area contributed by atoms with Gasteiger partial charge in [-0.05, 0) is 63.1 Å². The molecule has 0 unspecified atom stereocenters. The van der Waals surface area contributed by atoms with E-state index in [1.165, 1.54) is 6.07 Å². The third kappa shape index (κ3) is 2.97. The molecule has 1 N–H and O–H groups in total. The molecule has 4 aromatic rings. The Morgan fingerprint density at radius 2 is 1.71 bits per heavy atom. The van der Waals surface area contributed by atoms with Gasteiger partial charge in [-0.3, -0.25) is 14.3 Å². The number of carbonyl (C=O) groups excluding carboxylic acids is 1. The van der Waals surface area contributed by atoms with E-state index in [0.717, 1.165) is 33.4 Å². The van der Waals surface area contributed by atoms with Crippen molar-refractivity contribution in [1.29, 1.82) is 0 Å². The monoisotopic (exact) mass is 374 g/mol. The van der Waals surface area contributed by atoms with Crippen LogP contribution in [0.3, 0.4) is 0 Å². The van der Waals surface area contributed by atoms with Crippen molar-refractivity contribution in [2.75, 3.05) is 5.32 Å². The van der Waals surface area contributed by atoms with E-state index in [1.54, 1.807) is 0 Å². The Labute approximate surface area is 162 Å². The number of carbonyl (C=O) groups is 1. The first-order chi connectivity index (χ1) is 13.3. The number of amides is 1. The lowest BCUT2D eigenvalue weighted by Gasteiger charge is -2.18. The summed E-state index contributed by atoms with van der Waals surface area (Å²) in [6.07, 6.45) is 0. The summed E-state index contributed by atoms with van der Waals surface area (Å²) in [5, 5.41) is 3.86. The van der Waals surface area contributed by atoms with Gasteiger partial charge in [-0.2, -0.15) is 4.98 Å². The average molecular weight is 374 g/mol. The number of anilines is 1. The minimum Gasteiger partial charge on any atom is -0.324 e. The minimum absolute atomic E-state index is 0.134. The maximum atomic E-state index is 13.1. The number of aryl methyl sites for hydroxylation is 3. The summed E-state index contributed by atoms with van der Waals surface area (Å²) in [5.41, 5.74) is 4.83. The van der Waals surface area contributed by atoms with Crippen molar-refractivity contribution in [3.8, 4) is 0 Å². The highest BCUT2D eigenvalue weighted by molar-refractivity contribution is 5.97. The van der Waals surface area contributed by atoms with Gasteiger partial charge in [0, 0.05) is 22.8 Å². The molecule has 28 heavy (non-hydrogen) atoms. The second kappa shape index (κ2) is 6.64. The number of hydrogen-bond donors (Lipinski definition) is 1. The molecule has 0 spiro atoms. The zero-order valence-electron chi connectivity index (χ0n) is 16.4. The molecule has 0 saturated heterocycles. The minimum atomic E-state index is -0.508.